The summed E-state index contributed by atoms with van der Waals surface area (Å²) in [6.07, 6.45) is 24.3. The van der Waals surface area contributed by atoms with Crippen molar-refractivity contribution in [2.24, 2.45) is 0 Å². The minimum atomic E-state index is 0. The van der Waals surface area contributed by atoms with Gasteiger partial charge in [-0.3, -0.25) is 0 Å². The van der Waals surface area contributed by atoms with Crippen molar-refractivity contribution in [1.29, 1.82) is 0 Å². The second kappa shape index (κ2) is 24.6. The summed E-state index contributed by atoms with van der Waals surface area (Å²) < 4.78 is 0. The van der Waals surface area contributed by atoms with Crippen LogP contribution in [-0.2, 0) is 0 Å². The second-order valence-corrected chi connectivity index (χ2v) is 7.79. The Morgan fingerprint density at radius 3 is 1.04 bits per heavy atom. The summed E-state index contributed by atoms with van der Waals surface area (Å²) in [5.41, 5.74) is 0. The molecule has 0 aromatic rings. The van der Waals surface area contributed by atoms with E-state index in [9.17, 15) is 0 Å². The quantitative estimate of drug-likeness (QED) is 0.219. The van der Waals surface area contributed by atoms with Crippen molar-refractivity contribution in [2.75, 3.05) is 19.6 Å². The SMILES string of the molecule is CCCCCCCCCCN(CCC)CCCCCCCCCC.[H-].[Li+]. The van der Waals surface area contributed by atoms with E-state index < -0.39 is 0 Å². The van der Waals surface area contributed by atoms with Gasteiger partial charge >= 0.3 is 18.9 Å². The van der Waals surface area contributed by atoms with Gasteiger partial charge in [0, 0.05) is 0 Å². The van der Waals surface area contributed by atoms with Crippen molar-refractivity contribution in [3.05, 3.63) is 0 Å². The third-order valence-electron chi connectivity index (χ3n) is 5.20. The molecule has 2 heteroatoms. The predicted molar refractivity (Wildman–Crippen MR) is 113 cm³/mol. The van der Waals surface area contributed by atoms with Gasteiger partial charge < -0.3 is 6.33 Å². The molecule has 148 valence electrons. The molecule has 0 bridgehead atoms. The maximum atomic E-state index is 2.73. The van der Waals surface area contributed by atoms with Crippen LogP contribution in [0.2, 0.25) is 0 Å². The van der Waals surface area contributed by atoms with Crippen LogP contribution in [0.25, 0.3) is 0 Å². The average molecular weight is 348 g/mol. The van der Waals surface area contributed by atoms with Crippen molar-refractivity contribution in [2.45, 2.75) is 130 Å². The molecular formula is C23H50LiN. The fraction of sp³-hybridized carbons (Fsp3) is 1.00. The Kier molecular flexibility index (Phi) is 27.3. The molecule has 0 radical (unpaired) electrons. The van der Waals surface area contributed by atoms with Gasteiger partial charge in [-0.25, -0.2) is 0 Å². The summed E-state index contributed by atoms with van der Waals surface area (Å²) in [5, 5.41) is 0. The molecule has 1 nitrogen and oxygen atoms in total. The van der Waals surface area contributed by atoms with Crippen LogP contribution in [0.1, 0.15) is 131 Å². The first kappa shape index (κ1) is 27.8. The van der Waals surface area contributed by atoms with Crippen LogP contribution in [0.3, 0.4) is 0 Å². The smallest absolute Gasteiger partial charge is 1.00 e. The summed E-state index contributed by atoms with van der Waals surface area (Å²) in [4.78, 5) is 2.73. The van der Waals surface area contributed by atoms with Crippen LogP contribution in [0.15, 0.2) is 0 Å². The van der Waals surface area contributed by atoms with E-state index in [2.05, 4.69) is 25.7 Å². The van der Waals surface area contributed by atoms with Crippen LogP contribution in [-0.4, -0.2) is 24.5 Å². The van der Waals surface area contributed by atoms with Gasteiger partial charge in [0.25, 0.3) is 0 Å². The Balaban J connectivity index is -0.00000264. The summed E-state index contributed by atoms with van der Waals surface area (Å²) in [7, 11) is 0. The van der Waals surface area contributed by atoms with Gasteiger partial charge in [0.2, 0.25) is 0 Å². The molecule has 0 aromatic heterocycles. The maximum Gasteiger partial charge on any atom is 1.00 e. The Hall–Kier alpha value is 0.557. The van der Waals surface area contributed by atoms with Gasteiger partial charge in [0.05, 0.1) is 0 Å². The average Bonchev–Trinajstić information content (AvgIpc) is 2.59. The molecule has 0 aromatic carbocycles. The predicted octanol–water partition coefficient (Wildman–Crippen LogP) is 5.10. The number of rotatable bonds is 20. The fourth-order valence-corrected chi connectivity index (χ4v) is 3.59. The zero-order valence-corrected chi connectivity index (χ0v) is 18.6. The van der Waals surface area contributed by atoms with Gasteiger partial charge in [-0.15, -0.1) is 0 Å². The molecule has 0 unspecified atom stereocenters. The molecule has 0 aliphatic carbocycles. The summed E-state index contributed by atoms with van der Waals surface area (Å²) in [5.74, 6) is 0. The Bertz CT molecular complexity index is 206. The molecule has 0 rings (SSSR count). The molecular weight excluding hydrogens is 297 g/mol. The van der Waals surface area contributed by atoms with Gasteiger partial charge in [0.1, 0.15) is 0 Å². The molecule has 0 fully saturated rings. The van der Waals surface area contributed by atoms with Gasteiger partial charge in [-0.1, -0.05) is 111 Å². The van der Waals surface area contributed by atoms with E-state index in [0.29, 0.717) is 0 Å². The molecule has 0 amide bonds. The third-order valence-corrected chi connectivity index (χ3v) is 5.20. The van der Waals surface area contributed by atoms with Crippen molar-refractivity contribution < 1.29 is 20.3 Å². The monoisotopic (exact) mass is 347 g/mol. The van der Waals surface area contributed by atoms with Crippen LogP contribution < -0.4 is 18.9 Å². The minimum absolute atomic E-state index is 0. The van der Waals surface area contributed by atoms with Crippen LogP contribution >= 0.6 is 0 Å². The number of unbranched alkanes of at least 4 members (excludes halogenated alkanes) is 14. The van der Waals surface area contributed by atoms with E-state index in [0.717, 1.165) is 0 Å². The number of hydrogen-bond acceptors (Lipinski definition) is 1. The van der Waals surface area contributed by atoms with Crippen molar-refractivity contribution in [3.63, 3.8) is 0 Å². The molecule has 0 heterocycles. The first-order chi connectivity index (χ1) is 11.8. The summed E-state index contributed by atoms with van der Waals surface area (Å²) in [6, 6.07) is 0. The largest absolute Gasteiger partial charge is 1.00 e. The first-order valence-corrected chi connectivity index (χ1v) is 11.6. The maximum absolute atomic E-state index is 2.73. The topological polar surface area (TPSA) is 3.24 Å². The van der Waals surface area contributed by atoms with Crippen LogP contribution in [0.5, 0.6) is 0 Å². The number of hydrogen-bond donors (Lipinski definition) is 0. The standard InChI is InChI=1S/C23H49N.Li.H/c1-4-7-9-11-13-15-17-19-22-24(21-6-3)23-20-18-16-14-12-10-8-5-2;;/h4-23H2,1-3H3;;/q;+1;-1. The van der Waals surface area contributed by atoms with E-state index in [1.807, 2.05) is 0 Å². The van der Waals surface area contributed by atoms with Gasteiger partial charge in [0.15, 0.2) is 0 Å². The van der Waals surface area contributed by atoms with Crippen LogP contribution in [0.4, 0.5) is 0 Å². The van der Waals surface area contributed by atoms with Gasteiger partial charge in [-0.2, -0.15) is 0 Å². The molecule has 0 atom stereocenters. The van der Waals surface area contributed by atoms with Crippen molar-refractivity contribution >= 4 is 0 Å². The van der Waals surface area contributed by atoms with Crippen LogP contribution in [0, 0.1) is 0 Å². The molecule has 0 N–H and O–H groups in total. The van der Waals surface area contributed by atoms with Gasteiger partial charge in [-0.05, 0) is 38.9 Å². The van der Waals surface area contributed by atoms with Crippen molar-refractivity contribution in [3.8, 4) is 0 Å². The third kappa shape index (κ3) is 22.5. The number of nitrogens with zero attached hydrogens (tertiary/aromatic N) is 1. The van der Waals surface area contributed by atoms with E-state index >= 15 is 0 Å². The summed E-state index contributed by atoms with van der Waals surface area (Å²) in [6.45, 7) is 10.9. The zero-order valence-electron chi connectivity index (χ0n) is 19.6. The van der Waals surface area contributed by atoms with E-state index in [4.69, 9.17) is 0 Å². The second-order valence-electron chi connectivity index (χ2n) is 7.79. The Labute approximate surface area is 174 Å². The summed E-state index contributed by atoms with van der Waals surface area (Å²) >= 11 is 0. The minimum Gasteiger partial charge on any atom is -1.00 e. The van der Waals surface area contributed by atoms with E-state index in [1.165, 1.54) is 129 Å². The molecule has 0 spiro atoms. The molecule has 0 saturated heterocycles. The van der Waals surface area contributed by atoms with E-state index in [-0.39, 0.29) is 20.3 Å². The Morgan fingerprint density at radius 2 is 0.720 bits per heavy atom. The molecule has 25 heavy (non-hydrogen) atoms. The van der Waals surface area contributed by atoms with E-state index in [1.54, 1.807) is 0 Å². The zero-order chi connectivity index (χ0) is 17.7. The first-order valence-electron chi connectivity index (χ1n) is 11.6. The molecule has 0 saturated carbocycles. The van der Waals surface area contributed by atoms with Crippen molar-refractivity contribution in [1.82, 2.24) is 4.90 Å². The normalized spacial score (nSPS) is 11.0. The molecule has 0 aliphatic heterocycles. The fourth-order valence-electron chi connectivity index (χ4n) is 3.59. The molecule has 0 aliphatic rings. The Morgan fingerprint density at radius 1 is 0.400 bits per heavy atom.